The van der Waals surface area contributed by atoms with E-state index in [1.807, 2.05) is 0 Å². The lowest BCUT2D eigenvalue weighted by atomic mass is 9.79. The van der Waals surface area contributed by atoms with Crippen LogP contribution in [0, 0.1) is 5.92 Å². The highest BCUT2D eigenvalue weighted by molar-refractivity contribution is 5.85. The Bertz CT molecular complexity index is 293. The number of hydrogen-bond acceptors (Lipinski definition) is 3. The van der Waals surface area contributed by atoms with Gasteiger partial charge in [-0.05, 0) is 39.5 Å². The summed E-state index contributed by atoms with van der Waals surface area (Å²) in [6, 6.07) is -0.469. The van der Waals surface area contributed by atoms with E-state index in [2.05, 4.69) is 10.6 Å². The molecule has 5 heteroatoms. The minimum atomic E-state index is -0.545. The zero-order chi connectivity index (χ0) is 13.1. The van der Waals surface area contributed by atoms with Gasteiger partial charge in [-0.1, -0.05) is 6.42 Å². The molecule has 0 aromatic carbocycles. The molecule has 1 aliphatic carbocycles. The van der Waals surface area contributed by atoms with Crippen LogP contribution in [0.5, 0.6) is 0 Å². The average Bonchev–Trinajstić information content (AvgIpc) is 2.09. The number of likely N-dealkylation sites (N-methyl/N-ethyl adjacent to an activating group) is 1. The molecule has 0 bridgehead atoms. The summed E-state index contributed by atoms with van der Waals surface area (Å²) in [5, 5.41) is 5.23. The molecule has 1 atom stereocenters. The van der Waals surface area contributed by atoms with Crippen molar-refractivity contribution in [3.63, 3.8) is 0 Å². The number of hydrogen-bond donors (Lipinski definition) is 2. The molecule has 5 nitrogen and oxygen atoms in total. The average molecular weight is 242 g/mol. The normalized spacial score (nSPS) is 17.9. The Balaban J connectivity index is 2.54. The molecule has 2 N–H and O–H groups in total. The molecule has 17 heavy (non-hydrogen) atoms. The van der Waals surface area contributed by atoms with Crippen molar-refractivity contribution in [3.05, 3.63) is 0 Å². The van der Waals surface area contributed by atoms with Gasteiger partial charge in [-0.15, -0.1) is 0 Å². The molecular weight excluding hydrogens is 220 g/mol. The molecule has 98 valence electrons. The molecule has 0 heterocycles. The number of carbonyl (C=O) groups excluding carboxylic acids is 2. The van der Waals surface area contributed by atoms with Gasteiger partial charge in [-0.3, -0.25) is 4.79 Å². The zero-order valence-corrected chi connectivity index (χ0v) is 11.0. The first kappa shape index (κ1) is 13.8. The number of ether oxygens (including phenoxy) is 1. The fourth-order valence-electron chi connectivity index (χ4n) is 1.76. The van der Waals surface area contributed by atoms with Gasteiger partial charge in [-0.2, -0.15) is 0 Å². The minimum absolute atomic E-state index is 0.152. The third-order valence-corrected chi connectivity index (χ3v) is 2.82. The Kier molecular flexibility index (Phi) is 4.37. The number of nitrogens with one attached hydrogen (secondary N) is 2. The van der Waals surface area contributed by atoms with Crippen molar-refractivity contribution in [2.75, 3.05) is 7.05 Å². The van der Waals surface area contributed by atoms with Gasteiger partial charge in [0.1, 0.15) is 11.6 Å². The van der Waals surface area contributed by atoms with Gasteiger partial charge < -0.3 is 15.4 Å². The van der Waals surface area contributed by atoms with Crippen LogP contribution < -0.4 is 10.6 Å². The summed E-state index contributed by atoms with van der Waals surface area (Å²) in [7, 11) is 1.57. The van der Waals surface area contributed by atoms with E-state index in [1.54, 1.807) is 27.8 Å². The molecule has 1 aliphatic rings. The zero-order valence-electron chi connectivity index (χ0n) is 11.0. The molecule has 0 radical (unpaired) electrons. The third-order valence-electron chi connectivity index (χ3n) is 2.82. The molecular formula is C12H22N2O3. The standard InChI is InChI=1S/C12H22N2O3/c1-12(2,3)17-11(16)14-9(10(15)13-4)8-6-5-7-8/h8-9H,5-7H2,1-4H3,(H,13,15)(H,14,16)/t9-/m1/s1. The van der Waals surface area contributed by atoms with Crippen molar-refractivity contribution < 1.29 is 14.3 Å². The van der Waals surface area contributed by atoms with E-state index in [0.717, 1.165) is 19.3 Å². The van der Waals surface area contributed by atoms with Crippen LogP contribution in [0.25, 0.3) is 0 Å². The smallest absolute Gasteiger partial charge is 0.408 e. The van der Waals surface area contributed by atoms with Crippen LogP contribution in [0.1, 0.15) is 40.0 Å². The van der Waals surface area contributed by atoms with E-state index in [1.165, 1.54) is 0 Å². The van der Waals surface area contributed by atoms with Crippen molar-refractivity contribution in [1.82, 2.24) is 10.6 Å². The summed E-state index contributed by atoms with van der Waals surface area (Å²) < 4.78 is 5.15. The maximum Gasteiger partial charge on any atom is 0.408 e. The second kappa shape index (κ2) is 5.38. The lowest BCUT2D eigenvalue weighted by Crippen LogP contribution is -2.52. The Hall–Kier alpha value is -1.26. The lowest BCUT2D eigenvalue weighted by Gasteiger charge is -2.33. The SMILES string of the molecule is CNC(=O)[C@H](NC(=O)OC(C)(C)C)C1CCC1. The fraction of sp³-hybridized carbons (Fsp3) is 0.833. The largest absolute Gasteiger partial charge is 0.444 e. The van der Waals surface area contributed by atoms with Gasteiger partial charge in [-0.25, -0.2) is 4.79 Å². The van der Waals surface area contributed by atoms with Gasteiger partial charge in [0.25, 0.3) is 0 Å². The number of rotatable bonds is 3. The van der Waals surface area contributed by atoms with Crippen LogP contribution >= 0.6 is 0 Å². The first-order valence-electron chi connectivity index (χ1n) is 6.04. The fourth-order valence-corrected chi connectivity index (χ4v) is 1.76. The van der Waals surface area contributed by atoms with Crippen molar-refractivity contribution >= 4 is 12.0 Å². The summed E-state index contributed by atoms with van der Waals surface area (Å²) in [6.07, 6.45) is 2.55. The summed E-state index contributed by atoms with van der Waals surface area (Å²) in [5.74, 6) is 0.0861. The minimum Gasteiger partial charge on any atom is -0.444 e. The monoisotopic (exact) mass is 242 g/mol. The van der Waals surface area contributed by atoms with Crippen molar-refractivity contribution in [2.24, 2.45) is 5.92 Å². The van der Waals surface area contributed by atoms with Crippen LogP contribution in [-0.4, -0.2) is 30.7 Å². The van der Waals surface area contributed by atoms with E-state index in [-0.39, 0.29) is 11.8 Å². The van der Waals surface area contributed by atoms with Crippen LogP contribution in [0.15, 0.2) is 0 Å². The predicted molar refractivity (Wildman–Crippen MR) is 64.6 cm³/mol. The Morgan fingerprint density at radius 3 is 2.24 bits per heavy atom. The van der Waals surface area contributed by atoms with Crippen LogP contribution in [-0.2, 0) is 9.53 Å². The molecule has 0 aromatic rings. The van der Waals surface area contributed by atoms with Gasteiger partial charge >= 0.3 is 6.09 Å². The first-order valence-corrected chi connectivity index (χ1v) is 6.04. The Labute approximate surface area is 102 Å². The molecule has 1 fully saturated rings. The summed E-state index contributed by atoms with van der Waals surface area (Å²) in [6.45, 7) is 5.39. The quantitative estimate of drug-likeness (QED) is 0.786. The molecule has 2 amide bonds. The van der Waals surface area contributed by atoms with Crippen LogP contribution in [0.2, 0.25) is 0 Å². The summed E-state index contributed by atoms with van der Waals surface area (Å²) in [4.78, 5) is 23.3. The maximum atomic E-state index is 11.7. The van der Waals surface area contributed by atoms with Crippen molar-refractivity contribution in [1.29, 1.82) is 0 Å². The lowest BCUT2D eigenvalue weighted by molar-refractivity contribution is -0.124. The predicted octanol–water partition coefficient (Wildman–Crippen LogP) is 1.43. The van der Waals surface area contributed by atoms with Crippen LogP contribution in [0.4, 0.5) is 4.79 Å². The molecule has 0 unspecified atom stereocenters. The highest BCUT2D eigenvalue weighted by atomic mass is 16.6. The Morgan fingerprint density at radius 2 is 1.88 bits per heavy atom. The molecule has 0 aliphatic heterocycles. The first-order chi connectivity index (χ1) is 7.83. The molecule has 1 saturated carbocycles. The van der Waals surface area contributed by atoms with Crippen LogP contribution in [0.3, 0.4) is 0 Å². The van der Waals surface area contributed by atoms with E-state index in [0.29, 0.717) is 0 Å². The second-order valence-corrected chi connectivity index (χ2v) is 5.43. The summed E-state index contributed by atoms with van der Waals surface area (Å²) in [5.41, 5.74) is -0.545. The van der Waals surface area contributed by atoms with E-state index in [9.17, 15) is 9.59 Å². The number of carbonyl (C=O) groups is 2. The highest BCUT2D eigenvalue weighted by Crippen LogP contribution is 2.29. The van der Waals surface area contributed by atoms with Gasteiger partial charge in [0.05, 0.1) is 0 Å². The van der Waals surface area contributed by atoms with E-state index in [4.69, 9.17) is 4.74 Å². The van der Waals surface area contributed by atoms with Gasteiger partial charge in [0.2, 0.25) is 5.91 Å². The maximum absolute atomic E-state index is 11.7. The highest BCUT2D eigenvalue weighted by Gasteiger charge is 2.34. The van der Waals surface area contributed by atoms with Crippen molar-refractivity contribution in [3.8, 4) is 0 Å². The molecule has 0 aromatic heterocycles. The number of amides is 2. The third kappa shape index (κ3) is 4.24. The van der Waals surface area contributed by atoms with Gasteiger partial charge in [0.15, 0.2) is 0 Å². The van der Waals surface area contributed by atoms with Gasteiger partial charge in [0, 0.05) is 7.05 Å². The van der Waals surface area contributed by atoms with E-state index < -0.39 is 17.7 Å². The molecule has 0 spiro atoms. The Morgan fingerprint density at radius 1 is 1.29 bits per heavy atom. The number of alkyl carbamates (subject to hydrolysis) is 1. The summed E-state index contributed by atoms with van der Waals surface area (Å²) >= 11 is 0. The van der Waals surface area contributed by atoms with Crippen molar-refractivity contribution in [2.45, 2.75) is 51.7 Å². The second-order valence-electron chi connectivity index (χ2n) is 5.43. The molecule has 0 saturated heterocycles. The topological polar surface area (TPSA) is 67.4 Å². The van der Waals surface area contributed by atoms with E-state index >= 15 is 0 Å². The molecule has 1 rings (SSSR count).